The lowest BCUT2D eigenvalue weighted by Gasteiger charge is -2.51. The number of hydrogen-bond acceptors (Lipinski definition) is 6. The normalized spacial score (nSPS) is 19.6. The van der Waals surface area contributed by atoms with Gasteiger partial charge < -0.3 is 0 Å². The van der Waals surface area contributed by atoms with Gasteiger partial charge >= 0.3 is 0 Å². The van der Waals surface area contributed by atoms with Crippen LogP contribution >= 0.6 is 61.9 Å². The van der Waals surface area contributed by atoms with Crippen LogP contribution in [0, 0.1) is 0 Å². The lowest BCUT2D eigenvalue weighted by atomic mass is 10.0. The Labute approximate surface area is 330 Å². The molecule has 19 heteroatoms. The van der Waals surface area contributed by atoms with E-state index < -0.39 is 26.8 Å². The van der Waals surface area contributed by atoms with Gasteiger partial charge in [0.25, 0.3) is 5.91 Å². The van der Waals surface area contributed by atoms with Crippen molar-refractivity contribution >= 4 is 72.5 Å². The van der Waals surface area contributed by atoms with Crippen LogP contribution in [0.15, 0.2) is 62.8 Å². The lowest BCUT2D eigenvalue weighted by Crippen LogP contribution is -2.61. The maximum Gasteiger partial charge on any atom is 0.271 e. The quantitative estimate of drug-likeness (QED) is 0.237. The summed E-state index contributed by atoms with van der Waals surface area (Å²) in [6.07, 6.45) is 3.01. The minimum atomic E-state index is -2.29. The van der Waals surface area contributed by atoms with Gasteiger partial charge in [-0.1, -0.05) is 48.5 Å². The van der Waals surface area contributed by atoms with E-state index >= 15 is 0 Å². The van der Waals surface area contributed by atoms with Crippen LogP contribution in [0.4, 0.5) is 0 Å². The first-order chi connectivity index (χ1) is 24.2. The molecule has 12 nitrogen and oxygen atoms in total. The molecule has 0 saturated carbocycles. The fourth-order valence-corrected chi connectivity index (χ4v) is 16.3. The molecule has 3 unspecified atom stereocenters. The summed E-state index contributed by atoms with van der Waals surface area (Å²) in [5.41, 5.74) is 2.56. The Morgan fingerprint density at radius 1 is 0.750 bits per heavy atom. The van der Waals surface area contributed by atoms with Gasteiger partial charge in [0, 0.05) is 32.2 Å². The molecule has 0 amide bonds. The van der Waals surface area contributed by atoms with E-state index in [4.69, 9.17) is 32.0 Å². The molecule has 0 radical (unpaired) electrons. The van der Waals surface area contributed by atoms with Crippen molar-refractivity contribution < 1.29 is 0 Å². The number of rotatable bonds is 12. The van der Waals surface area contributed by atoms with Crippen LogP contribution in [-0.2, 0) is 13.0 Å². The van der Waals surface area contributed by atoms with E-state index in [1.165, 1.54) is 21.7 Å². The molecule has 2 aromatic rings. The van der Waals surface area contributed by atoms with E-state index in [0.29, 0.717) is 6.04 Å². The van der Waals surface area contributed by atoms with Crippen molar-refractivity contribution in [2.24, 2.45) is 14.2 Å². The van der Waals surface area contributed by atoms with Crippen molar-refractivity contribution in [3.63, 3.8) is 0 Å². The summed E-state index contributed by atoms with van der Waals surface area (Å²) in [6, 6.07) is 17.5. The Morgan fingerprint density at radius 3 is 1.58 bits per heavy atom. The molecule has 1 fully saturated rings. The van der Waals surface area contributed by atoms with Gasteiger partial charge in [-0.2, -0.15) is 0 Å². The Hall–Kier alpha value is 0.210. The molecule has 1 saturated heterocycles. The van der Waals surface area contributed by atoms with Gasteiger partial charge in [0.05, 0.1) is 0 Å². The molecule has 4 rings (SSSR count). The first-order valence-electron chi connectivity index (χ1n) is 17.5. The number of benzene rings is 2. The molecule has 2 aliphatic rings. The molecule has 3 atom stereocenters. The van der Waals surface area contributed by atoms with Gasteiger partial charge in [0.15, 0.2) is 15.0 Å². The predicted molar refractivity (Wildman–Crippen MR) is 239 cm³/mol. The van der Waals surface area contributed by atoms with Crippen LogP contribution in [-0.4, -0.2) is 149 Å². The van der Waals surface area contributed by atoms with Gasteiger partial charge in [-0.25, -0.2) is 14.4 Å². The van der Waals surface area contributed by atoms with Crippen LogP contribution in [0.5, 0.6) is 0 Å². The van der Waals surface area contributed by atoms with Crippen molar-refractivity contribution in [1.29, 1.82) is 0 Å². The standard InChI is InChI=1S/C23H51N10P3.C10H14Cl2N2P2/c1-27(2)35(28(3)4,29(5)6)25-23(26-36(30(7)8,31(9)10)32(11)12)24-18-13-19-33(23)20-21-14-16-22(34)17-15-21;11-16(12)13-6-5-9(14-16)7-8-1-3-10(15)4-2-8/h14-17,24H,13,18-20,34H2,1-12H3;1-4,9,14H,5-7,15H2. The smallest absolute Gasteiger partial charge is 0.261 e. The van der Waals surface area contributed by atoms with E-state index in [9.17, 15) is 0 Å². The highest BCUT2D eigenvalue weighted by Gasteiger charge is 2.46. The van der Waals surface area contributed by atoms with Crippen molar-refractivity contribution in [3.05, 3.63) is 59.7 Å². The van der Waals surface area contributed by atoms with Crippen LogP contribution in [0.2, 0.25) is 0 Å². The monoisotopic (exact) mass is 854 g/mol. The van der Waals surface area contributed by atoms with Crippen LogP contribution in [0.1, 0.15) is 24.0 Å². The summed E-state index contributed by atoms with van der Waals surface area (Å²) < 4.78 is 29.4. The van der Waals surface area contributed by atoms with Crippen molar-refractivity contribution in [3.8, 4) is 0 Å². The topological polar surface area (TPSA) is 83.8 Å². The summed E-state index contributed by atoms with van der Waals surface area (Å²) in [6.45, 7) is 3.29. The maximum atomic E-state index is 6.05. The SMILES string of the molecule is CN(C)P(=NC1(N=P(N(C)C)(N(C)C)N(C)C)NCCCN1Cc1ccc(P)cc1)(N(C)C)N(C)C.Pc1ccc(CC2CCN=P(Cl)(Cl)N2)cc1. The van der Waals surface area contributed by atoms with E-state index in [-0.39, 0.29) is 0 Å². The maximum absolute atomic E-state index is 6.05. The Kier molecular flexibility index (Phi) is 18.0. The zero-order chi connectivity index (χ0) is 39.1. The molecule has 0 aromatic heterocycles. The number of nitrogens with zero attached hydrogens (tertiary/aromatic N) is 10. The lowest BCUT2D eigenvalue weighted by molar-refractivity contribution is 0.0329. The highest BCUT2D eigenvalue weighted by atomic mass is 35.9. The highest BCUT2D eigenvalue weighted by Crippen LogP contribution is 2.61. The van der Waals surface area contributed by atoms with Crippen molar-refractivity contribution in [2.75, 3.05) is 104 Å². The molecular weight excluding hydrogens is 790 g/mol. The van der Waals surface area contributed by atoms with E-state index in [1.54, 1.807) is 0 Å². The molecule has 2 aliphatic heterocycles. The first-order valence-corrected chi connectivity index (χ1v) is 25.4. The second kappa shape index (κ2) is 20.1. The Bertz CT molecular complexity index is 1490. The van der Waals surface area contributed by atoms with Crippen molar-refractivity contribution in [1.82, 2.24) is 43.3 Å². The zero-order valence-electron chi connectivity index (χ0n) is 33.4. The summed E-state index contributed by atoms with van der Waals surface area (Å²) in [4.78, 5) is 2.44. The van der Waals surface area contributed by atoms with Crippen LogP contribution in [0.25, 0.3) is 0 Å². The minimum Gasteiger partial charge on any atom is -0.261 e. The third-order valence-corrected chi connectivity index (χ3v) is 19.8. The van der Waals surface area contributed by atoms with Gasteiger partial charge in [0.1, 0.15) is 0 Å². The molecule has 52 heavy (non-hydrogen) atoms. The molecule has 2 heterocycles. The van der Waals surface area contributed by atoms with E-state index in [2.05, 4.69) is 200 Å². The largest absolute Gasteiger partial charge is 0.271 e. The summed E-state index contributed by atoms with van der Waals surface area (Å²) in [7, 11) is 26.4. The second-order valence-corrected chi connectivity index (χ2v) is 28.0. The van der Waals surface area contributed by atoms with Gasteiger partial charge in [-0.15, -0.1) is 18.5 Å². The fraction of sp³-hybridized carbons (Fsp3) is 0.636. The van der Waals surface area contributed by atoms with Crippen LogP contribution < -0.4 is 21.0 Å². The average Bonchev–Trinajstić information content (AvgIpc) is 3.04. The average molecular weight is 856 g/mol. The van der Waals surface area contributed by atoms with Crippen LogP contribution in [0.3, 0.4) is 0 Å². The Balaban J connectivity index is 0.000000376. The second-order valence-electron chi connectivity index (χ2n) is 14.3. The van der Waals surface area contributed by atoms with Gasteiger partial charge in [-0.05, 0) is 148 Å². The van der Waals surface area contributed by atoms with Gasteiger partial charge in [-0.3, -0.25) is 43.2 Å². The summed E-state index contributed by atoms with van der Waals surface area (Å²) >= 11 is 12.1. The molecule has 0 spiro atoms. The number of nitrogens with one attached hydrogen (secondary N) is 2. The first kappa shape index (κ1) is 46.6. The molecule has 0 bridgehead atoms. The molecular formula is C33H65Cl2N12P5. The van der Waals surface area contributed by atoms with E-state index in [0.717, 1.165) is 45.4 Å². The predicted octanol–water partition coefficient (Wildman–Crippen LogP) is 6.37. The van der Waals surface area contributed by atoms with E-state index in [1.807, 2.05) is 0 Å². The fourth-order valence-electron chi connectivity index (χ4n) is 6.85. The summed E-state index contributed by atoms with van der Waals surface area (Å²) in [5.74, 6) is -3.14. The Morgan fingerprint density at radius 2 is 1.17 bits per heavy atom. The molecule has 2 aromatic carbocycles. The highest BCUT2D eigenvalue weighted by molar-refractivity contribution is 8.08. The number of halogens is 2. The zero-order valence-corrected chi connectivity index (χ0v) is 39.9. The third kappa shape index (κ3) is 11.6. The summed E-state index contributed by atoms with van der Waals surface area (Å²) in [5, 5.41) is 9.45. The third-order valence-electron chi connectivity index (χ3n) is 9.08. The van der Waals surface area contributed by atoms with Gasteiger partial charge in [0.2, 0.25) is 5.91 Å². The molecule has 296 valence electrons. The minimum absolute atomic E-state index is 0.344. The molecule has 2 N–H and O–H groups in total. The molecule has 0 aliphatic carbocycles. The van der Waals surface area contributed by atoms with Crippen molar-refractivity contribution in [2.45, 2.75) is 37.8 Å². The number of hydrogen-bond donors (Lipinski definition) is 2.